The maximum Gasteiger partial charge on any atom is 0.271 e. The highest BCUT2D eigenvalue weighted by Crippen LogP contribution is 2.16. The van der Waals surface area contributed by atoms with E-state index in [-0.39, 0.29) is 23.0 Å². The van der Waals surface area contributed by atoms with Gasteiger partial charge in [-0.3, -0.25) is 4.79 Å². The molecule has 1 aromatic heterocycles. The van der Waals surface area contributed by atoms with Crippen LogP contribution in [-0.2, 0) is 10.0 Å². The standard InChI is InChI=1S/C11H17ClN4O3S/c1-3-15-20(18,19)7-6-14-11(17)10-8(12)4-5-9(13-2)16-10/h4-5,15H,3,6-7H2,1-2H3,(H,13,16)(H,14,17). The van der Waals surface area contributed by atoms with Crippen LogP contribution in [0, 0.1) is 0 Å². The van der Waals surface area contributed by atoms with Crippen molar-refractivity contribution in [2.24, 2.45) is 0 Å². The van der Waals surface area contributed by atoms with E-state index in [0.717, 1.165) is 0 Å². The molecule has 0 aromatic carbocycles. The number of pyridine rings is 1. The summed E-state index contributed by atoms with van der Waals surface area (Å²) in [5.74, 6) is -0.214. The molecule has 0 unspecified atom stereocenters. The third kappa shape index (κ3) is 4.95. The molecule has 7 nitrogen and oxygen atoms in total. The van der Waals surface area contributed by atoms with Crippen LogP contribution in [-0.4, -0.2) is 45.2 Å². The smallest absolute Gasteiger partial charge is 0.271 e. The monoisotopic (exact) mass is 320 g/mol. The normalized spacial score (nSPS) is 11.2. The average Bonchev–Trinajstić information content (AvgIpc) is 2.38. The first-order chi connectivity index (χ1) is 9.39. The van der Waals surface area contributed by atoms with Gasteiger partial charge in [0.25, 0.3) is 5.91 Å². The number of nitrogens with one attached hydrogen (secondary N) is 3. The molecule has 0 aliphatic carbocycles. The van der Waals surface area contributed by atoms with Crippen molar-refractivity contribution in [3.63, 3.8) is 0 Å². The predicted molar refractivity (Wildman–Crippen MR) is 78.6 cm³/mol. The van der Waals surface area contributed by atoms with Crippen LogP contribution >= 0.6 is 11.6 Å². The van der Waals surface area contributed by atoms with Gasteiger partial charge in [0.2, 0.25) is 10.0 Å². The molecule has 0 saturated carbocycles. The molecule has 0 bridgehead atoms. The summed E-state index contributed by atoms with van der Waals surface area (Å²) in [5.41, 5.74) is 0.0550. The Hall–Kier alpha value is -1.38. The van der Waals surface area contributed by atoms with Gasteiger partial charge in [-0.05, 0) is 12.1 Å². The molecule has 0 spiro atoms. The van der Waals surface area contributed by atoms with Crippen molar-refractivity contribution in [2.75, 3.05) is 31.2 Å². The number of carbonyl (C=O) groups is 1. The minimum atomic E-state index is -3.36. The second kappa shape index (κ2) is 7.41. The molecule has 0 aliphatic heterocycles. The fourth-order valence-corrected chi connectivity index (χ4v) is 2.56. The summed E-state index contributed by atoms with van der Waals surface area (Å²) in [5, 5.41) is 5.47. The second-order valence-electron chi connectivity index (χ2n) is 3.85. The molecule has 20 heavy (non-hydrogen) atoms. The molecule has 3 N–H and O–H groups in total. The zero-order chi connectivity index (χ0) is 15.2. The van der Waals surface area contributed by atoms with Crippen molar-refractivity contribution < 1.29 is 13.2 Å². The third-order valence-electron chi connectivity index (χ3n) is 2.34. The number of amides is 1. The van der Waals surface area contributed by atoms with E-state index in [9.17, 15) is 13.2 Å². The lowest BCUT2D eigenvalue weighted by Crippen LogP contribution is -2.34. The van der Waals surface area contributed by atoms with Gasteiger partial charge in [0.05, 0.1) is 10.8 Å². The van der Waals surface area contributed by atoms with Gasteiger partial charge in [-0.25, -0.2) is 18.1 Å². The summed E-state index contributed by atoms with van der Waals surface area (Å²) in [6.07, 6.45) is 0. The molecule has 9 heteroatoms. The maximum absolute atomic E-state index is 11.9. The van der Waals surface area contributed by atoms with Gasteiger partial charge in [0.1, 0.15) is 11.5 Å². The van der Waals surface area contributed by atoms with E-state index < -0.39 is 15.9 Å². The molecule has 1 amide bonds. The number of halogens is 1. The largest absolute Gasteiger partial charge is 0.373 e. The van der Waals surface area contributed by atoms with Crippen molar-refractivity contribution >= 4 is 33.3 Å². The zero-order valence-electron chi connectivity index (χ0n) is 11.2. The van der Waals surface area contributed by atoms with E-state index in [1.54, 1.807) is 26.1 Å². The molecule has 1 heterocycles. The van der Waals surface area contributed by atoms with Crippen LogP contribution in [0.4, 0.5) is 5.82 Å². The number of hydrogen-bond donors (Lipinski definition) is 3. The van der Waals surface area contributed by atoms with E-state index >= 15 is 0 Å². The Bertz CT molecular complexity index is 577. The van der Waals surface area contributed by atoms with Crippen LogP contribution in [0.3, 0.4) is 0 Å². The summed E-state index contributed by atoms with van der Waals surface area (Å²) in [6, 6.07) is 3.18. The maximum atomic E-state index is 11.9. The van der Waals surface area contributed by atoms with Gasteiger partial charge in [-0.15, -0.1) is 0 Å². The topological polar surface area (TPSA) is 100 Å². The lowest BCUT2D eigenvalue weighted by atomic mass is 10.3. The molecule has 0 aliphatic rings. The molecule has 1 rings (SSSR count). The quantitative estimate of drug-likeness (QED) is 0.677. The zero-order valence-corrected chi connectivity index (χ0v) is 12.8. The van der Waals surface area contributed by atoms with E-state index in [4.69, 9.17) is 11.6 Å². The van der Waals surface area contributed by atoms with Crippen molar-refractivity contribution in [3.8, 4) is 0 Å². The number of aromatic nitrogens is 1. The number of nitrogens with zero attached hydrogens (tertiary/aromatic N) is 1. The molecule has 1 aromatic rings. The van der Waals surface area contributed by atoms with Crippen LogP contribution in [0.2, 0.25) is 5.02 Å². The van der Waals surface area contributed by atoms with Gasteiger partial charge in [-0.2, -0.15) is 0 Å². The Morgan fingerprint density at radius 1 is 1.40 bits per heavy atom. The summed E-state index contributed by atoms with van der Waals surface area (Å²) in [6.45, 7) is 1.98. The van der Waals surface area contributed by atoms with Crippen LogP contribution in [0.15, 0.2) is 12.1 Å². The lowest BCUT2D eigenvalue weighted by Gasteiger charge is -2.08. The summed E-state index contributed by atoms with van der Waals surface area (Å²) in [4.78, 5) is 15.9. The number of sulfonamides is 1. The van der Waals surface area contributed by atoms with Crippen molar-refractivity contribution in [1.29, 1.82) is 0 Å². The molecule has 0 radical (unpaired) electrons. The number of anilines is 1. The lowest BCUT2D eigenvalue weighted by molar-refractivity contribution is 0.0951. The molecule has 112 valence electrons. The van der Waals surface area contributed by atoms with E-state index in [1.807, 2.05) is 0 Å². The van der Waals surface area contributed by atoms with E-state index in [2.05, 4.69) is 20.3 Å². The Kier molecular flexibility index (Phi) is 6.18. The van der Waals surface area contributed by atoms with Gasteiger partial charge in [0.15, 0.2) is 0 Å². The first kappa shape index (κ1) is 16.7. The van der Waals surface area contributed by atoms with Gasteiger partial charge in [-0.1, -0.05) is 18.5 Å². The molecular weight excluding hydrogens is 304 g/mol. The van der Waals surface area contributed by atoms with Crippen LogP contribution in [0.5, 0.6) is 0 Å². The van der Waals surface area contributed by atoms with E-state index in [0.29, 0.717) is 12.4 Å². The third-order valence-corrected chi connectivity index (χ3v) is 4.11. The van der Waals surface area contributed by atoms with Crippen LogP contribution in [0.25, 0.3) is 0 Å². The number of hydrogen-bond acceptors (Lipinski definition) is 5. The fraction of sp³-hybridized carbons (Fsp3) is 0.455. The van der Waals surface area contributed by atoms with Crippen molar-refractivity contribution in [2.45, 2.75) is 6.92 Å². The minimum absolute atomic E-state index is 0.0179. The Morgan fingerprint density at radius 3 is 2.70 bits per heavy atom. The van der Waals surface area contributed by atoms with Crippen molar-refractivity contribution in [1.82, 2.24) is 15.0 Å². The van der Waals surface area contributed by atoms with Gasteiger partial charge in [0, 0.05) is 20.1 Å². The van der Waals surface area contributed by atoms with Crippen LogP contribution in [0.1, 0.15) is 17.4 Å². The fourth-order valence-electron chi connectivity index (χ4n) is 1.42. The van der Waals surface area contributed by atoms with Gasteiger partial charge < -0.3 is 10.6 Å². The first-order valence-electron chi connectivity index (χ1n) is 5.99. The highest BCUT2D eigenvalue weighted by Gasteiger charge is 2.14. The summed E-state index contributed by atoms with van der Waals surface area (Å²) >= 11 is 5.88. The summed E-state index contributed by atoms with van der Waals surface area (Å²) < 4.78 is 25.1. The average molecular weight is 321 g/mol. The van der Waals surface area contributed by atoms with Crippen molar-refractivity contribution in [3.05, 3.63) is 22.8 Å². The first-order valence-corrected chi connectivity index (χ1v) is 8.02. The minimum Gasteiger partial charge on any atom is -0.373 e. The van der Waals surface area contributed by atoms with Crippen LogP contribution < -0.4 is 15.4 Å². The van der Waals surface area contributed by atoms with Gasteiger partial charge >= 0.3 is 0 Å². The molecule has 0 fully saturated rings. The Morgan fingerprint density at radius 2 is 2.10 bits per heavy atom. The molecule has 0 saturated heterocycles. The second-order valence-corrected chi connectivity index (χ2v) is 6.18. The predicted octanol–water partition coefficient (Wildman–Crippen LogP) is 0.446. The Balaban J connectivity index is 2.64. The number of rotatable bonds is 7. The highest BCUT2D eigenvalue weighted by atomic mass is 35.5. The SMILES string of the molecule is CCNS(=O)(=O)CCNC(=O)c1nc(NC)ccc1Cl. The highest BCUT2D eigenvalue weighted by molar-refractivity contribution is 7.89. The van der Waals surface area contributed by atoms with E-state index in [1.165, 1.54) is 0 Å². The molecular formula is C11H17ClN4O3S. The molecule has 0 atom stereocenters. The summed E-state index contributed by atoms with van der Waals surface area (Å²) in [7, 11) is -1.70. The number of carbonyl (C=O) groups excluding carboxylic acids is 1. The Labute approximate surface area is 123 Å².